The van der Waals surface area contributed by atoms with E-state index in [-0.39, 0.29) is 11.8 Å². The van der Waals surface area contributed by atoms with E-state index in [0.717, 1.165) is 28.5 Å². The van der Waals surface area contributed by atoms with Gasteiger partial charge in [0.05, 0.1) is 18.0 Å². The van der Waals surface area contributed by atoms with Crippen LogP contribution in [0.2, 0.25) is 0 Å². The fourth-order valence-electron chi connectivity index (χ4n) is 3.67. The number of para-hydroxylation sites is 2. The normalized spacial score (nSPS) is 13.5. The van der Waals surface area contributed by atoms with Crippen LogP contribution in [0, 0.1) is 0 Å². The molecule has 0 bridgehead atoms. The number of amides is 1. The minimum atomic E-state index is -0.0610. The molecule has 1 aliphatic carbocycles. The summed E-state index contributed by atoms with van der Waals surface area (Å²) in [5.41, 5.74) is 2.11. The molecule has 1 aromatic carbocycles. The van der Waals surface area contributed by atoms with Gasteiger partial charge < -0.3 is 10.1 Å². The van der Waals surface area contributed by atoms with Crippen LogP contribution in [0.5, 0.6) is 5.75 Å². The third-order valence-corrected chi connectivity index (χ3v) is 7.28. The highest BCUT2D eigenvalue weighted by molar-refractivity contribution is 8.00. The van der Waals surface area contributed by atoms with Crippen molar-refractivity contribution in [3.8, 4) is 5.75 Å². The molecule has 0 aliphatic heterocycles. The second-order valence-electron chi connectivity index (χ2n) is 7.70. The average Bonchev–Trinajstić information content (AvgIpc) is 3.12. The van der Waals surface area contributed by atoms with Crippen LogP contribution in [-0.4, -0.2) is 28.2 Å². The van der Waals surface area contributed by atoms with Crippen LogP contribution in [0.15, 0.2) is 29.3 Å². The predicted octanol–water partition coefficient (Wildman–Crippen LogP) is 5.82. The largest absolute Gasteiger partial charge is 0.492 e. The Morgan fingerprint density at radius 3 is 2.83 bits per heavy atom. The summed E-state index contributed by atoms with van der Waals surface area (Å²) in [5, 5.41) is 5.10. The van der Waals surface area contributed by atoms with E-state index >= 15 is 0 Å². The molecule has 1 amide bonds. The summed E-state index contributed by atoms with van der Waals surface area (Å²) in [7, 11) is 0. The smallest absolute Gasteiger partial charge is 0.234 e. The number of thiophene rings is 1. The van der Waals surface area contributed by atoms with Crippen molar-refractivity contribution in [3.63, 3.8) is 0 Å². The Morgan fingerprint density at radius 1 is 1.23 bits per heavy atom. The van der Waals surface area contributed by atoms with Crippen LogP contribution >= 0.6 is 23.1 Å². The van der Waals surface area contributed by atoms with Gasteiger partial charge in [0.25, 0.3) is 0 Å². The van der Waals surface area contributed by atoms with Gasteiger partial charge in [0.2, 0.25) is 5.91 Å². The van der Waals surface area contributed by atoms with E-state index in [4.69, 9.17) is 14.7 Å². The van der Waals surface area contributed by atoms with Gasteiger partial charge in [-0.2, -0.15) is 0 Å². The number of nitrogens with one attached hydrogen (secondary N) is 1. The Balaban J connectivity index is 1.57. The number of benzene rings is 1. The number of aryl methyl sites for hydroxylation is 2. The van der Waals surface area contributed by atoms with Crippen molar-refractivity contribution in [1.82, 2.24) is 9.97 Å². The van der Waals surface area contributed by atoms with Gasteiger partial charge in [-0.3, -0.25) is 4.79 Å². The van der Waals surface area contributed by atoms with Crippen LogP contribution in [0.4, 0.5) is 5.69 Å². The molecular formula is C23H27N3O2S2. The third kappa shape index (κ3) is 4.47. The number of carbonyl (C=O) groups is 1. The zero-order chi connectivity index (χ0) is 21.1. The van der Waals surface area contributed by atoms with Gasteiger partial charge in [0, 0.05) is 16.2 Å². The lowest BCUT2D eigenvalue weighted by Crippen LogP contribution is -2.15. The summed E-state index contributed by atoms with van der Waals surface area (Å²) >= 11 is 3.32. The summed E-state index contributed by atoms with van der Waals surface area (Å²) in [6, 6.07) is 7.53. The Hall–Kier alpha value is -2.12. The van der Waals surface area contributed by atoms with Gasteiger partial charge in [-0.05, 0) is 50.3 Å². The zero-order valence-corrected chi connectivity index (χ0v) is 19.3. The van der Waals surface area contributed by atoms with Gasteiger partial charge in [-0.25, -0.2) is 9.97 Å². The van der Waals surface area contributed by atoms with E-state index in [1.807, 2.05) is 42.5 Å². The third-order valence-electron chi connectivity index (χ3n) is 5.12. The van der Waals surface area contributed by atoms with Crippen molar-refractivity contribution >= 4 is 44.9 Å². The lowest BCUT2D eigenvalue weighted by Gasteiger charge is -2.13. The lowest BCUT2D eigenvalue weighted by atomic mass is 9.97. The number of aromatic nitrogens is 2. The fraction of sp³-hybridized carbons (Fsp3) is 0.435. The quantitative estimate of drug-likeness (QED) is 0.369. The Labute approximate surface area is 185 Å². The number of rotatable bonds is 7. The molecule has 0 spiro atoms. The number of anilines is 1. The maximum absolute atomic E-state index is 12.7. The van der Waals surface area contributed by atoms with E-state index < -0.39 is 0 Å². The number of hydrogen-bond acceptors (Lipinski definition) is 6. The molecule has 1 aliphatic rings. The van der Waals surface area contributed by atoms with Crippen LogP contribution in [0.25, 0.3) is 10.2 Å². The Bertz CT molecular complexity index is 1060. The molecule has 5 nitrogen and oxygen atoms in total. The molecule has 0 fully saturated rings. The summed E-state index contributed by atoms with van der Waals surface area (Å²) in [5.74, 6) is 2.03. The highest BCUT2D eigenvalue weighted by Crippen LogP contribution is 2.40. The number of fused-ring (bicyclic) bond motifs is 3. The first-order chi connectivity index (χ1) is 14.6. The van der Waals surface area contributed by atoms with Crippen LogP contribution in [-0.2, 0) is 17.6 Å². The highest BCUT2D eigenvalue weighted by Gasteiger charge is 2.22. The van der Waals surface area contributed by atoms with Crippen molar-refractivity contribution in [3.05, 3.63) is 40.5 Å². The molecule has 1 N–H and O–H groups in total. The van der Waals surface area contributed by atoms with E-state index in [2.05, 4.69) is 19.2 Å². The molecule has 7 heteroatoms. The standard InChI is InChI=1S/C23H27N3O2S2/c1-4-28-17-11-7-6-10-16(17)24-19(27)13-29-22-20-15-9-5-8-12-18(15)30-23(20)26-21(25-22)14(2)3/h6-7,10-11,14H,4-5,8-9,12-13H2,1-3H3,(H,24,27). The first-order valence-electron chi connectivity index (χ1n) is 10.5. The zero-order valence-electron chi connectivity index (χ0n) is 17.7. The Kier molecular flexibility index (Phi) is 6.58. The number of hydrogen-bond donors (Lipinski definition) is 1. The van der Waals surface area contributed by atoms with Crippen molar-refractivity contribution in [1.29, 1.82) is 0 Å². The summed E-state index contributed by atoms with van der Waals surface area (Å²) < 4.78 is 5.61. The molecule has 0 atom stereocenters. The lowest BCUT2D eigenvalue weighted by molar-refractivity contribution is -0.113. The second kappa shape index (κ2) is 9.35. The summed E-state index contributed by atoms with van der Waals surface area (Å²) in [4.78, 5) is 24.9. The molecule has 2 aromatic heterocycles. The van der Waals surface area contributed by atoms with E-state index in [0.29, 0.717) is 23.8 Å². The number of nitrogens with zero attached hydrogens (tertiary/aromatic N) is 2. The van der Waals surface area contributed by atoms with Gasteiger partial charge in [0.1, 0.15) is 21.4 Å². The predicted molar refractivity (Wildman–Crippen MR) is 125 cm³/mol. The van der Waals surface area contributed by atoms with Gasteiger partial charge in [-0.1, -0.05) is 37.7 Å². The van der Waals surface area contributed by atoms with Gasteiger partial charge in [0.15, 0.2) is 0 Å². The number of carbonyl (C=O) groups excluding carboxylic acids is 1. The highest BCUT2D eigenvalue weighted by atomic mass is 32.2. The SMILES string of the molecule is CCOc1ccccc1NC(=O)CSc1nc(C(C)C)nc2sc3c(c12)CCCC3. The van der Waals surface area contributed by atoms with Gasteiger partial charge >= 0.3 is 0 Å². The maximum Gasteiger partial charge on any atom is 0.234 e. The average molecular weight is 442 g/mol. The molecule has 0 saturated heterocycles. The monoisotopic (exact) mass is 441 g/mol. The van der Waals surface area contributed by atoms with Crippen molar-refractivity contribution in [2.24, 2.45) is 0 Å². The maximum atomic E-state index is 12.7. The molecule has 4 rings (SSSR count). The topological polar surface area (TPSA) is 64.1 Å². The van der Waals surface area contributed by atoms with Crippen LogP contribution in [0.1, 0.15) is 55.8 Å². The van der Waals surface area contributed by atoms with Crippen LogP contribution < -0.4 is 10.1 Å². The summed E-state index contributed by atoms with van der Waals surface area (Å²) in [6.45, 7) is 6.71. The minimum absolute atomic E-state index is 0.0610. The summed E-state index contributed by atoms with van der Waals surface area (Å²) in [6.07, 6.45) is 4.67. The molecule has 0 unspecified atom stereocenters. The fourth-order valence-corrected chi connectivity index (χ4v) is 5.87. The minimum Gasteiger partial charge on any atom is -0.492 e. The number of ether oxygens (including phenoxy) is 1. The van der Waals surface area contributed by atoms with E-state index in [1.165, 1.54) is 40.4 Å². The molecule has 0 saturated carbocycles. The van der Waals surface area contributed by atoms with E-state index in [1.54, 1.807) is 0 Å². The van der Waals surface area contributed by atoms with Crippen molar-refractivity contribution in [2.45, 2.75) is 57.4 Å². The van der Waals surface area contributed by atoms with Crippen LogP contribution in [0.3, 0.4) is 0 Å². The molecular weight excluding hydrogens is 414 g/mol. The molecule has 2 heterocycles. The molecule has 158 valence electrons. The van der Waals surface area contributed by atoms with Gasteiger partial charge in [-0.15, -0.1) is 11.3 Å². The van der Waals surface area contributed by atoms with E-state index in [9.17, 15) is 4.79 Å². The van der Waals surface area contributed by atoms with Crippen molar-refractivity contribution < 1.29 is 9.53 Å². The first kappa shape index (κ1) is 21.1. The second-order valence-corrected chi connectivity index (χ2v) is 9.75. The van der Waals surface area contributed by atoms with Crippen molar-refractivity contribution in [2.75, 3.05) is 17.7 Å². The molecule has 0 radical (unpaired) electrons. The molecule has 3 aromatic rings. The first-order valence-corrected chi connectivity index (χ1v) is 12.3. The molecule has 30 heavy (non-hydrogen) atoms. The Morgan fingerprint density at radius 2 is 2.03 bits per heavy atom. The number of thioether (sulfide) groups is 1.